The number of para-hydroxylation sites is 1. The first kappa shape index (κ1) is 103. The van der Waals surface area contributed by atoms with Crippen molar-refractivity contribution in [3.63, 3.8) is 0 Å². The number of carbonyl (C=O) groups excluding carboxylic acids is 15. The molecule has 1 aromatic heterocycles. The van der Waals surface area contributed by atoms with Crippen LogP contribution in [0, 0.1) is 11.8 Å². The maximum absolute atomic E-state index is 15.7. The van der Waals surface area contributed by atoms with E-state index in [-0.39, 0.29) is 86.9 Å². The lowest BCUT2D eigenvalue weighted by Crippen LogP contribution is -2.60. The highest BCUT2D eigenvalue weighted by molar-refractivity contribution is 8.00. The van der Waals surface area contributed by atoms with Crippen LogP contribution < -0.4 is 53.6 Å². The molecule has 0 spiro atoms. The number of amides is 15. The molecule has 36 heteroatoms. The molecule has 15 N–H and O–H groups in total. The van der Waals surface area contributed by atoms with Crippen molar-refractivity contribution in [1.82, 2.24) is 77.3 Å². The Hall–Kier alpha value is -13.7. The van der Waals surface area contributed by atoms with Gasteiger partial charge in [0.05, 0.1) is 31.8 Å². The Labute approximate surface area is 777 Å². The van der Waals surface area contributed by atoms with E-state index in [1.165, 1.54) is 93.6 Å². The lowest BCUT2D eigenvalue weighted by atomic mass is 9.84. The number of nitrogens with one attached hydrogen (secondary N) is 10. The number of likely N-dealkylation sites (N-methyl/N-ethyl adjacent to an activating group) is 5. The predicted octanol–water partition coefficient (Wildman–Crippen LogP) is 3.64. The lowest BCUT2D eigenvalue weighted by Gasteiger charge is -2.37. The van der Waals surface area contributed by atoms with Crippen molar-refractivity contribution in [2.75, 3.05) is 66.4 Å². The van der Waals surface area contributed by atoms with Gasteiger partial charge in [0.25, 0.3) is 0 Å². The SMILES string of the molecule is CCCCC1C(=O)N(C)CC(=O)NC(CC(=O)O)C(=O)NC(CC2CCCCC2)C(=O)N(C)C(Cc2ccccc2)C(=O)NC(Cc2ccc(O)cc2)C(=O)N(C)CC(=O)NC(Cc2c[nH]c3ccccc23)C(=O)NC(Cc2ccc(O)cc2)C(=O)NC(CC(C)C)C(=O)NC(C(=O)NCC(N)=O)CSCC(=O)NC(Cc2ccccc2)C(=O)N(C)C(Cc2ccccc2)C(=O)N1C. The van der Waals surface area contributed by atoms with E-state index in [4.69, 9.17) is 5.73 Å². The van der Waals surface area contributed by atoms with Crippen molar-refractivity contribution in [1.29, 1.82) is 0 Å². The number of aromatic amines is 1. The van der Waals surface area contributed by atoms with E-state index in [1.54, 1.807) is 135 Å². The molecule has 1 aliphatic heterocycles. The maximum Gasteiger partial charge on any atom is 0.305 e. The third-order valence-electron chi connectivity index (χ3n) is 23.7. The van der Waals surface area contributed by atoms with E-state index in [2.05, 4.69) is 52.8 Å². The van der Waals surface area contributed by atoms with Crippen molar-refractivity contribution < 1.29 is 92.0 Å². The average Bonchev–Trinajstić information content (AvgIpc) is 1.80. The molecular formula is C97H124N16O19S. The molecule has 11 unspecified atom stereocenters. The number of unbranched alkanes of at least 4 members (excludes halogenated alkanes) is 1. The van der Waals surface area contributed by atoms with Gasteiger partial charge in [0.1, 0.15) is 78.0 Å². The lowest BCUT2D eigenvalue weighted by molar-refractivity contribution is -0.151. The van der Waals surface area contributed by atoms with E-state index in [0.29, 0.717) is 70.0 Å². The van der Waals surface area contributed by atoms with Crippen LogP contribution in [0.15, 0.2) is 170 Å². The number of aromatic hydroxyl groups is 2. The zero-order chi connectivity index (χ0) is 96.5. The van der Waals surface area contributed by atoms with Gasteiger partial charge in [-0.1, -0.05) is 199 Å². The fourth-order valence-corrected chi connectivity index (χ4v) is 17.3. The zero-order valence-corrected chi connectivity index (χ0v) is 77.1. The van der Waals surface area contributed by atoms with Crippen LogP contribution in [0.4, 0.5) is 0 Å². The Balaban J connectivity index is 1.12. The molecule has 0 radical (unpaired) electrons. The summed E-state index contributed by atoms with van der Waals surface area (Å²) in [4.78, 5) is 246. The van der Waals surface area contributed by atoms with Crippen LogP contribution in [0.5, 0.6) is 11.5 Å². The van der Waals surface area contributed by atoms with Crippen LogP contribution >= 0.6 is 11.8 Å². The van der Waals surface area contributed by atoms with Gasteiger partial charge in [-0.3, -0.25) is 76.7 Å². The minimum atomic E-state index is -1.89. The summed E-state index contributed by atoms with van der Waals surface area (Å²) in [5.41, 5.74) is 9.18. The van der Waals surface area contributed by atoms with E-state index >= 15 is 43.2 Å². The Morgan fingerprint density at radius 3 is 1.46 bits per heavy atom. The Bertz CT molecular complexity index is 5180. The molecular weight excluding hydrogens is 1730 g/mol. The molecule has 6 aromatic carbocycles. The summed E-state index contributed by atoms with van der Waals surface area (Å²) >= 11 is 0.833. The normalized spacial score (nSPS) is 22.4. The Morgan fingerprint density at radius 2 is 0.902 bits per heavy atom. The Morgan fingerprint density at radius 1 is 0.459 bits per heavy atom. The average molecular weight is 1850 g/mol. The smallest absolute Gasteiger partial charge is 0.305 e. The van der Waals surface area contributed by atoms with Gasteiger partial charge < -0.3 is 98.4 Å². The van der Waals surface area contributed by atoms with Crippen LogP contribution in [-0.4, -0.2) is 272 Å². The zero-order valence-electron chi connectivity index (χ0n) is 76.3. The van der Waals surface area contributed by atoms with Gasteiger partial charge in [0.2, 0.25) is 88.6 Å². The summed E-state index contributed by atoms with van der Waals surface area (Å²) in [5.74, 6) is -16.5. The highest BCUT2D eigenvalue weighted by Gasteiger charge is 2.43. The number of thioether (sulfide) groups is 1. The first-order valence-electron chi connectivity index (χ1n) is 44.8. The monoisotopic (exact) mass is 1850 g/mol. The quantitative estimate of drug-likeness (QED) is 0.0410. The van der Waals surface area contributed by atoms with Gasteiger partial charge in [0.15, 0.2) is 0 Å². The first-order chi connectivity index (χ1) is 63.5. The second kappa shape index (κ2) is 50.7. The Kier molecular flexibility index (Phi) is 39.2. The second-order valence-corrected chi connectivity index (χ2v) is 35.7. The highest BCUT2D eigenvalue weighted by atomic mass is 32.2. The van der Waals surface area contributed by atoms with Crippen molar-refractivity contribution >= 4 is 117 Å². The molecule has 2 aliphatic rings. The minimum absolute atomic E-state index is 0.00794. The van der Waals surface area contributed by atoms with E-state index in [1.807, 2.05) is 6.92 Å². The number of fused-ring (bicyclic) bond motifs is 1. The molecule has 2 heterocycles. The third-order valence-corrected chi connectivity index (χ3v) is 24.8. The number of H-pyrrole nitrogens is 1. The second-order valence-electron chi connectivity index (χ2n) is 34.6. The topological polar surface area (TPSA) is 500 Å². The number of nitrogens with two attached hydrogens (primary N) is 1. The fraction of sp³-hybridized carbons (Fsp3) is 0.443. The molecule has 1 saturated carbocycles. The summed E-state index contributed by atoms with van der Waals surface area (Å²) in [6.07, 6.45) is 3.88. The van der Waals surface area contributed by atoms with Crippen LogP contribution in [0.25, 0.3) is 10.9 Å². The number of aromatic nitrogens is 1. The van der Waals surface area contributed by atoms with E-state index in [9.17, 15) is 48.9 Å². The first-order valence-corrected chi connectivity index (χ1v) is 46.0. The molecule has 15 amide bonds. The van der Waals surface area contributed by atoms with Crippen LogP contribution in [0.3, 0.4) is 0 Å². The number of carboxylic acid groups (broad SMARTS) is 1. The summed E-state index contributed by atoms with van der Waals surface area (Å²) in [6.45, 7) is 3.09. The number of primary amides is 1. The van der Waals surface area contributed by atoms with Gasteiger partial charge in [0, 0.05) is 96.6 Å². The molecule has 0 bridgehead atoms. The number of phenolic OH excluding ortho intramolecular Hbond substituents is 2. The number of rotatable bonds is 24. The summed E-state index contributed by atoms with van der Waals surface area (Å²) < 4.78 is 0. The van der Waals surface area contributed by atoms with Crippen molar-refractivity contribution in [2.45, 2.75) is 196 Å². The number of hydrogen-bond acceptors (Lipinski definition) is 19. The summed E-state index contributed by atoms with van der Waals surface area (Å²) in [6, 6.07) is 27.7. The van der Waals surface area contributed by atoms with Gasteiger partial charge >= 0.3 is 5.97 Å². The standard InChI is InChI=1S/C97H124N16O19S/c1-9-10-35-79-96(131)110(5)56-84(118)102-74(52-86(120)121)91(126)106-77(47-61-27-17-12-18-28-61)95(130)112(7)80(49-62-29-19-13-20-30-62)92(127)107-75(48-65-38-42-68(115)43-39-65)93(128)109(4)55-83(117)101-73(51-66-53-99-70-34-24-23-33-69(66)70)90(125)105-72(45-64-36-40-67(114)41-37-64)89(124)104-71(44-59(2)3)88(123)108-78(87(122)100-54-82(98)116)57-133-58-85(119)103-76(46-60-25-15-11-16-26-60)94(129)113(8)81(97(132)111(79)6)50-63-31-21-14-22-32-63/h11,13-16,19-26,29-34,36-43,53,59,61,71-81,99,114-115H,9-10,12,17-18,27-28,35,44-52,54-58H2,1-8H3,(H2,98,116)(H,100,122)(H,101,117)(H,102,118)(H,103,119)(H,104,124)(H,105,125)(H,106,126)(H,107,127)(H,108,123)(H,120,121). The largest absolute Gasteiger partial charge is 0.508 e. The van der Waals surface area contributed by atoms with Crippen LogP contribution in [0.1, 0.15) is 125 Å². The van der Waals surface area contributed by atoms with Gasteiger partial charge in [-0.15, -0.1) is 11.8 Å². The van der Waals surface area contributed by atoms with Gasteiger partial charge in [-0.2, -0.15) is 0 Å². The summed E-state index contributed by atoms with van der Waals surface area (Å²) in [5, 5.41) is 56.2. The van der Waals surface area contributed by atoms with Crippen molar-refractivity contribution in [3.8, 4) is 11.5 Å². The van der Waals surface area contributed by atoms with E-state index in [0.717, 1.165) is 45.7 Å². The van der Waals surface area contributed by atoms with Crippen LogP contribution in [-0.2, 0) is 115 Å². The highest BCUT2D eigenvalue weighted by Crippen LogP contribution is 2.30. The maximum atomic E-state index is 15.7. The number of carboxylic acids is 1. The van der Waals surface area contributed by atoms with Crippen molar-refractivity contribution in [3.05, 3.63) is 203 Å². The third kappa shape index (κ3) is 31.5. The van der Waals surface area contributed by atoms with Crippen LogP contribution in [0.2, 0.25) is 0 Å². The number of phenols is 2. The number of aliphatic carboxylic acids is 1. The molecule has 11 atom stereocenters. The number of carbonyl (C=O) groups is 16. The predicted molar refractivity (Wildman–Crippen MR) is 498 cm³/mol. The molecule has 9 rings (SSSR count). The van der Waals surface area contributed by atoms with Gasteiger partial charge in [-0.05, 0) is 94.8 Å². The minimum Gasteiger partial charge on any atom is -0.508 e. The number of hydrogen-bond donors (Lipinski definition) is 14. The molecule has 712 valence electrons. The summed E-state index contributed by atoms with van der Waals surface area (Å²) in [7, 11) is 6.65. The fourth-order valence-electron chi connectivity index (χ4n) is 16.5. The molecule has 1 saturated heterocycles. The molecule has 35 nitrogen and oxygen atoms in total. The van der Waals surface area contributed by atoms with Crippen molar-refractivity contribution in [2.24, 2.45) is 17.6 Å². The molecule has 2 fully saturated rings. The molecule has 133 heavy (non-hydrogen) atoms. The van der Waals surface area contributed by atoms with Gasteiger partial charge in [-0.25, -0.2) is 0 Å². The number of nitrogens with zero attached hydrogens (tertiary/aromatic N) is 5. The number of benzene rings is 6. The van der Waals surface area contributed by atoms with E-state index < -0.39 is 193 Å². The molecule has 7 aromatic rings. The molecule has 1 aliphatic carbocycles.